The fourth-order valence-corrected chi connectivity index (χ4v) is 4.80. The van der Waals surface area contributed by atoms with Crippen LogP contribution in [0.3, 0.4) is 0 Å². The average Bonchev–Trinajstić information content (AvgIpc) is 3.27. The number of ether oxygens (including phenoxy) is 1. The molecule has 1 saturated carbocycles. The zero-order valence-corrected chi connectivity index (χ0v) is 17.9. The van der Waals surface area contributed by atoms with Gasteiger partial charge in [-0.25, -0.2) is 9.37 Å². The van der Waals surface area contributed by atoms with Crippen molar-refractivity contribution in [3.8, 4) is 0 Å². The van der Waals surface area contributed by atoms with Gasteiger partial charge in [0.1, 0.15) is 0 Å². The summed E-state index contributed by atoms with van der Waals surface area (Å²) < 4.78 is 19.8. The van der Waals surface area contributed by atoms with Crippen molar-refractivity contribution in [2.24, 2.45) is 17.8 Å². The van der Waals surface area contributed by atoms with Crippen molar-refractivity contribution in [2.75, 3.05) is 55.7 Å². The molecule has 0 radical (unpaired) electrons. The van der Waals surface area contributed by atoms with E-state index in [-0.39, 0.29) is 11.7 Å². The molecule has 0 aromatic carbocycles. The first-order valence-electron chi connectivity index (χ1n) is 11.1. The van der Waals surface area contributed by atoms with Crippen molar-refractivity contribution in [3.63, 3.8) is 0 Å². The van der Waals surface area contributed by atoms with E-state index in [0.29, 0.717) is 49.3 Å². The van der Waals surface area contributed by atoms with Gasteiger partial charge in [0.15, 0.2) is 11.6 Å². The number of anilines is 2. The molecule has 1 aliphatic carbocycles. The van der Waals surface area contributed by atoms with Gasteiger partial charge in [-0.3, -0.25) is 9.78 Å². The Morgan fingerprint density at radius 2 is 2.03 bits per heavy atom. The van der Waals surface area contributed by atoms with Crippen molar-refractivity contribution < 1.29 is 13.9 Å². The number of piperidine rings is 1. The molecule has 2 saturated heterocycles. The maximum atomic E-state index is 14.4. The predicted octanol–water partition coefficient (Wildman–Crippen LogP) is 1.75. The lowest BCUT2D eigenvalue weighted by atomic mass is 10.2. The second-order valence-corrected chi connectivity index (χ2v) is 8.54. The molecule has 3 aliphatic rings. The van der Waals surface area contributed by atoms with E-state index in [1.807, 2.05) is 21.9 Å². The number of nitrogens with one attached hydrogen (secondary N) is 1. The Hall–Kier alpha value is -3.07. The van der Waals surface area contributed by atoms with Gasteiger partial charge in [0.2, 0.25) is 11.9 Å². The van der Waals surface area contributed by atoms with Crippen LogP contribution in [0.4, 0.5) is 16.2 Å². The average molecular weight is 439 g/mol. The fourth-order valence-electron chi connectivity index (χ4n) is 4.80. The molecule has 168 valence electrons. The van der Waals surface area contributed by atoms with Gasteiger partial charge in [0.25, 0.3) is 0 Å². The minimum atomic E-state index is -0.368. The van der Waals surface area contributed by atoms with Crippen molar-refractivity contribution in [2.45, 2.75) is 6.42 Å². The lowest BCUT2D eigenvalue weighted by molar-refractivity contribution is -0.116. The molecule has 9 heteroatoms. The van der Waals surface area contributed by atoms with Gasteiger partial charge in [-0.2, -0.15) is 4.98 Å². The van der Waals surface area contributed by atoms with Crippen LogP contribution in [0.1, 0.15) is 12.0 Å². The first-order chi connectivity index (χ1) is 15.7. The van der Waals surface area contributed by atoms with Crippen LogP contribution < -0.4 is 15.1 Å². The van der Waals surface area contributed by atoms with Gasteiger partial charge in [-0.15, -0.1) is 0 Å². The predicted molar refractivity (Wildman–Crippen MR) is 119 cm³/mol. The zero-order valence-electron chi connectivity index (χ0n) is 17.9. The summed E-state index contributed by atoms with van der Waals surface area (Å²) in [6.07, 6.45) is 8.94. The largest absolute Gasteiger partial charge is 0.378 e. The highest BCUT2D eigenvalue weighted by Gasteiger charge is 2.55. The van der Waals surface area contributed by atoms with Gasteiger partial charge in [-0.05, 0) is 41.9 Å². The minimum absolute atomic E-state index is 0.0972. The van der Waals surface area contributed by atoms with E-state index in [4.69, 9.17) is 4.74 Å². The van der Waals surface area contributed by atoms with Crippen molar-refractivity contribution in [3.05, 3.63) is 48.2 Å². The summed E-state index contributed by atoms with van der Waals surface area (Å²) in [5.41, 5.74) is 0.896. The molecule has 1 N–H and O–H groups in total. The number of aromatic nitrogens is 3. The third-order valence-electron chi connectivity index (χ3n) is 6.57. The summed E-state index contributed by atoms with van der Waals surface area (Å²) in [5, 5.41) is 2.95. The van der Waals surface area contributed by atoms with Crippen molar-refractivity contribution >= 4 is 23.7 Å². The van der Waals surface area contributed by atoms with Crippen LogP contribution in [0.2, 0.25) is 0 Å². The molecule has 8 nitrogen and oxygen atoms in total. The molecule has 0 bridgehead atoms. The smallest absolute Gasteiger partial charge is 0.244 e. The molecule has 0 unspecified atom stereocenters. The number of nitrogens with zero attached hydrogens (tertiary/aromatic N) is 5. The monoisotopic (exact) mass is 438 g/mol. The Morgan fingerprint density at radius 3 is 2.78 bits per heavy atom. The highest BCUT2D eigenvalue weighted by molar-refractivity contribution is 5.91. The second-order valence-electron chi connectivity index (χ2n) is 8.54. The van der Waals surface area contributed by atoms with E-state index in [0.717, 1.165) is 38.2 Å². The van der Waals surface area contributed by atoms with Crippen molar-refractivity contribution in [1.29, 1.82) is 0 Å². The normalized spacial score (nSPS) is 24.6. The van der Waals surface area contributed by atoms with E-state index in [1.54, 1.807) is 18.5 Å². The quantitative estimate of drug-likeness (QED) is 0.660. The Bertz CT molecular complexity index is 970. The van der Waals surface area contributed by atoms with E-state index in [9.17, 15) is 9.18 Å². The minimum Gasteiger partial charge on any atom is -0.378 e. The molecule has 5 rings (SSSR count). The molecule has 3 fully saturated rings. The maximum Gasteiger partial charge on any atom is 0.244 e. The van der Waals surface area contributed by atoms with Crippen LogP contribution in [0, 0.1) is 23.6 Å². The van der Waals surface area contributed by atoms with E-state index >= 15 is 0 Å². The Labute approximate surface area is 186 Å². The van der Waals surface area contributed by atoms with Crippen LogP contribution in [-0.2, 0) is 9.53 Å². The number of halogens is 1. The number of hydrogen-bond acceptors (Lipinski definition) is 7. The molecule has 1 amide bonds. The highest BCUT2D eigenvalue weighted by Crippen LogP contribution is 2.54. The van der Waals surface area contributed by atoms with Gasteiger partial charge in [0.05, 0.1) is 19.4 Å². The van der Waals surface area contributed by atoms with Crippen LogP contribution in [0.25, 0.3) is 6.08 Å². The number of carbonyl (C=O) groups is 1. The number of pyridine rings is 1. The summed E-state index contributed by atoms with van der Waals surface area (Å²) in [6, 6.07) is 3.74. The molecule has 4 heterocycles. The van der Waals surface area contributed by atoms with E-state index < -0.39 is 0 Å². The van der Waals surface area contributed by atoms with Gasteiger partial charge < -0.3 is 19.9 Å². The number of amides is 1. The molecule has 2 aromatic rings. The molecule has 0 spiro atoms. The third-order valence-corrected chi connectivity index (χ3v) is 6.57. The number of fused-ring (bicyclic) bond motifs is 1. The lowest BCUT2D eigenvalue weighted by Crippen LogP contribution is -2.38. The maximum absolute atomic E-state index is 14.4. The first kappa shape index (κ1) is 20.8. The zero-order chi connectivity index (χ0) is 21.9. The molecule has 32 heavy (non-hydrogen) atoms. The van der Waals surface area contributed by atoms with Gasteiger partial charge in [0, 0.05) is 51.2 Å². The summed E-state index contributed by atoms with van der Waals surface area (Å²) >= 11 is 0. The summed E-state index contributed by atoms with van der Waals surface area (Å²) in [7, 11) is 0. The van der Waals surface area contributed by atoms with Crippen LogP contribution in [0.15, 0.2) is 36.8 Å². The van der Waals surface area contributed by atoms with Crippen molar-refractivity contribution in [1.82, 2.24) is 20.3 Å². The highest BCUT2D eigenvalue weighted by atomic mass is 19.1. The molecular weight excluding hydrogens is 411 g/mol. The molecular formula is C23H27FN6O2. The van der Waals surface area contributed by atoms with Crippen LogP contribution >= 0.6 is 0 Å². The van der Waals surface area contributed by atoms with Gasteiger partial charge >= 0.3 is 0 Å². The number of carbonyl (C=O) groups excluding carboxylic acids is 1. The number of morpholine rings is 1. The number of rotatable bonds is 7. The van der Waals surface area contributed by atoms with Crippen LogP contribution in [-0.4, -0.2) is 66.8 Å². The van der Waals surface area contributed by atoms with Gasteiger partial charge in [-0.1, -0.05) is 6.07 Å². The Morgan fingerprint density at radius 1 is 1.22 bits per heavy atom. The molecule has 3 atom stereocenters. The lowest BCUT2D eigenvalue weighted by Gasteiger charge is -2.28. The summed E-state index contributed by atoms with van der Waals surface area (Å²) in [6.45, 7) is 4.99. The van der Waals surface area contributed by atoms with E-state index in [1.165, 1.54) is 12.3 Å². The standard InChI is InChI=1S/C23H27FN6O2/c24-20-13-27-23(29-8-10-32-11-9-29)28-22(20)30-14-18-17(19(18)15-30)5-7-26-21(31)4-3-16-2-1-6-25-12-16/h1-4,6,12-13,17-19H,5,7-11,14-15H2,(H,26,31)/b4-3+/t17-,18-,19+. The SMILES string of the molecule is O=C(/C=C/c1cccnc1)NCC[C@@H]1[C@H]2CN(c3nc(N4CCOCC4)ncc3F)C[C@@H]12. The molecule has 2 aromatic heterocycles. The summed E-state index contributed by atoms with van der Waals surface area (Å²) in [4.78, 5) is 28.8. The fraction of sp³-hybridized carbons (Fsp3) is 0.478. The topological polar surface area (TPSA) is 83.5 Å². The first-order valence-corrected chi connectivity index (χ1v) is 11.1. The Balaban J connectivity index is 1.08. The molecule has 2 aliphatic heterocycles. The summed E-state index contributed by atoms with van der Waals surface area (Å²) in [5.74, 6) is 2.17. The third kappa shape index (κ3) is 4.57. The second kappa shape index (κ2) is 9.20. The number of hydrogen-bond donors (Lipinski definition) is 1. The Kier molecular flexibility index (Phi) is 5.98. The van der Waals surface area contributed by atoms with Crippen LogP contribution in [0.5, 0.6) is 0 Å². The van der Waals surface area contributed by atoms with E-state index in [2.05, 4.69) is 20.3 Å².